The zero-order valence-electron chi connectivity index (χ0n) is 17.1. The number of ketones is 1. The molecule has 8 nitrogen and oxygen atoms in total. The van der Waals surface area contributed by atoms with Crippen molar-refractivity contribution in [2.24, 2.45) is 0 Å². The highest BCUT2D eigenvalue weighted by atomic mass is 16.5. The number of pyridine rings is 1. The maximum Gasteiger partial charge on any atom is 0.290 e. The van der Waals surface area contributed by atoms with Crippen molar-refractivity contribution in [3.05, 3.63) is 71.7 Å². The van der Waals surface area contributed by atoms with Gasteiger partial charge in [0.1, 0.15) is 5.76 Å². The number of carbonyl (C=O) groups is 2. The van der Waals surface area contributed by atoms with E-state index in [0.29, 0.717) is 31.1 Å². The summed E-state index contributed by atoms with van der Waals surface area (Å²) < 4.78 is 10.6. The van der Waals surface area contributed by atoms with Gasteiger partial charge in [0.05, 0.1) is 31.1 Å². The Labute approximate surface area is 180 Å². The molecule has 1 N–H and O–H groups in total. The predicted octanol–water partition coefficient (Wildman–Crippen LogP) is 2.37. The quantitative estimate of drug-likeness (QED) is 0.651. The van der Waals surface area contributed by atoms with Crippen molar-refractivity contribution in [3.8, 4) is 0 Å². The molecule has 0 aliphatic carbocycles. The van der Waals surface area contributed by atoms with Crippen LogP contribution < -0.4 is 0 Å². The molecule has 0 bridgehead atoms. The van der Waals surface area contributed by atoms with Crippen LogP contribution in [0.3, 0.4) is 0 Å². The fraction of sp³-hybridized carbons (Fsp3) is 0.348. The highest BCUT2D eigenvalue weighted by Gasteiger charge is 2.42. The van der Waals surface area contributed by atoms with Crippen molar-refractivity contribution >= 4 is 17.8 Å². The molecule has 1 amide bonds. The third kappa shape index (κ3) is 4.76. The van der Waals surface area contributed by atoms with Gasteiger partial charge in [0, 0.05) is 38.6 Å². The van der Waals surface area contributed by atoms with E-state index in [2.05, 4.69) is 9.88 Å². The van der Waals surface area contributed by atoms with E-state index in [9.17, 15) is 14.7 Å². The van der Waals surface area contributed by atoms with E-state index in [1.54, 1.807) is 35.5 Å². The van der Waals surface area contributed by atoms with Gasteiger partial charge in [-0.2, -0.15) is 0 Å². The molecule has 0 saturated carbocycles. The minimum Gasteiger partial charge on any atom is -0.503 e. The van der Waals surface area contributed by atoms with E-state index >= 15 is 0 Å². The number of amides is 1. The molecule has 1 saturated heterocycles. The zero-order chi connectivity index (χ0) is 21.6. The summed E-state index contributed by atoms with van der Waals surface area (Å²) in [6.07, 6.45) is 8.32. The minimum absolute atomic E-state index is 0.0622. The predicted molar refractivity (Wildman–Crippen MR) is 113 cm³/mol. The molecule has 4 rings (SSSR count). The number of aliphatic hydroxyl groups is 1. The largest absolute Gasteiger partial charge is 0.503 e. The number of carbonyl (C=O) groups excluding carboxylic acids is 2. The first-order valence-electron chi connectivity index (χ1n) is 10.3. The number of morpholine rings is 1. The van der Waals surface area contributed by atoms with Gasteiger partial charge in [0.25, 0.3) is 5.91 Å². The van der Waals surface area contributed by atoms with Gasteiger partial charge in [0.2, 0.25) is 0 Å². The summed E-state index contributed by atoms with van der Waals surface area (Å²) in [7, 11) is 0. The SMILES string of the molecule is O=C(C=Cc1ccco1)C1=C(O)C(=O)N(CCCN2CCOCC2)C1c1cccnc1. The average Bonchev–Trinajstić information content (AvgIpc) is 3.41. The van der Waals surface area contributed by atoms with Crippen LogP contribution in [-0.4, -0.2) is 71.0 Å². The maximum atomic E-state index is 13.0. The second-order valence-corrected chi connectivity index (χ2v) is 7.47. The summed E-state index contributed by atoms with van der Waals surface area (Å²) in [5.74, 6) is -0.968. The fourth-order valence-corrected chi connectivity index (χ4v) is 3.94. The van der Waals surface area contributed by atoms with Gasteiger partial charge in [-0.25, -0.2) is 0 Å². The van der Waals surface area contributed by atoms with Crippen molar-refractivity contribution in [2.75, 3.05) is 39.4 Å². The average molecular weight is 423 g/mol. The van der Waals surface area contributed by atoms with E-state index < -0.39 is 23.5 Å². The van der Waals surface area contributed by atoms with Crippen LogP contribution >= 0.6 is 0 Å². The van der Waals surface area contributed by atoms with Gasteiger partial charge in [-0.1, -0.05) is 6.07 Å². The monoisotopic (exact) mass is 423 g/mol. The van der Waals surface area contributed by atoms with Crippen LogP contribution in [0.4, 0.5) is 0 Å². The molecule has 2 aliphatic heterocycles. The van der Waals surface area contributed by atoms with Crippen molar-refractivity contribution in [2.45, 2.75) is 12.5 Å². The van der Waals surface area contributed by atoms with Crippen LogP contribution in [0, 0.1) is 0 Å². The molecule has 2 aromatic heterocycles. The summed E-state index contributed by atoms with van der Waals surface area (Å²) in [5.41, 5.74) is 0.744. The second-order valence-electron chi connectivity index (χ2n) is 7.47. The van der Waals surface area contributed by atoms with Crippen molar-refractivity contribution < 1.29 is 23.8 Å². The number of hydrogen-bond acceptors (Lipinski definition) is 7. The molecule has 0 aromatic carbocycles. The highest BCUT2D eigenvalue weighted by molar-refractivity contribution is 6.14. The molecule has 2 aromatic rings. The Morgan fingerprint density at radius 3 is 2.77 bits per heavy atom. The standard InChI is InChI=1S/C23H25N3O5/c27-19(7-6-18-5-2-13-31-18)20-21(17-4-1-8-24-16-17)26(23(29)22(20)28)10-3-9-25-11-14-30-15-12-25/h1-2,4-8,13,16,21,28H,3,9-12,14-15H2. The summed E-state index contributed by atoms with van der Waals surface area (Å²) in [5, 5.41) is 10.6. The number of aliphatic hydroxyl groups excluding tert-OH is 1. The topological polar surface area (TPSA) is 96.1 Å². The number of ether oxygens (including phenoxy) is 1. The Bertz CT molecular complexity index is 962. The summed E-state index contributed by atoms with van der Waals surface area (Å²) in [6, 6.07) is 6.31. The molecule has 1 atom stereocenters. The Morgan fingerprint density at radius 1 is 1.23 bits per heavy atom. The molecule has 1 fully saturated rings. The second kappa shape index (κ2) is 9.72. The van der Waals surface area contributed by atoms with E-state index in [4.69, 9.17) is 9.15 Å². The number of furan rings is 1. The first-order chi connectivity index (χ1) is 15.1. The molecular formula is C23H25N3O5. The van der Waals surface area contributed by atoms with Crippen LogP contribution in [0.2, 0.25) is 0 Å². The number of rotatable bonds is 8. The number of hydrogen-bond donors (Lipinski definition) is 1. The number of aromatic nitrogens is 1. The normalized spacial score (nSPS) is 20.2. The van der Waals surface area contributed by atoms with E-state index in [1.165, 1.54) is 18.4 Å². The van der Waals surface area contributed by atoms with Crippen LogP contribution in [0.1, 0.15) is 23.8 Å². The molecule has 162 valence electrons. The maximum absolute atomic E-state index is 13.0. The van der Waals surface area contributed by atoms with E-state index in [1.807, 2.05) is 6.07 Å². The first kappa shape index (κ1) is 21.0. The molecular weight excluding hydrogens is 398 g/mol. The first-order valence-corrected chi connectivity index (χ1v) is 10.3. The van der Waals surface area contributed by atoms with Crippen LogP contribution in [0.25, 0.3) is 6.08 Å². The lowest BCUT2D eigenvalue weighted by atomic mass is 9.97. The fourth-order valence-electron chi connectivity index (χ4n) is 3.94. The van der Waals surface area contributed by atoms with Crippen LogP contribution in [0.15, 0.2) is 64.7 Å². The Balaban J connectivity index is 1.54. The van der Waals surface area contributed by atoms with Gasteiger partial charge >= 0.3 is 0 Å². The Kier molecular flexibility index (Phi) is 6.59. The molecule has 31 heavy (non-hydrogen) atoms. The summed E-state index contributed by atoms with van der Waals surface area (Å²) in [4.78, 5) is 33.8. The van der Waals surface area contributed by atoms with E-state index in [0.717, 1.165) is 26.1 Å². The smallest absolute Gasteiger partial charge is 0.290 e. The molecule has 0 spiro atoms. The van der Waals surface area contributed by atoms with Crippen molar-refractivity contribution in [3.63, 3.8) is 0 Å². The minimum atomic E-state index is -0.681. The molecule has 8 heteroatoms. The molecule has 2 aliphatic rings. The van der Waals surface area contributed by atoms with Gasteiger partial charge < -0.3 is 19.2 Å². The zero-order valence-corrected chi connectivity index (χ0v) is 17.1. The van der Waals surface area contributed by atoms with Gasteiger partial charge in [-0.05, 0) is 42.3 Å². The number of nitrogens with zero attached hydrogens (tertiary/aromatic N) is 3. The van der Waals surface area contributed by atoms with Crippen molar-refractivity contribution in [1.29, 1.82) is 0 Å². The van der Waals surface area contributed by atoms with Crippen LogP contribution in [-0.2, 0) is 14.3 Å². The Hall–Kier alpha value is -3.23. The third-order valence-electron chi connectivity index (χ3n) is 5.49. The van der Waals surface area contributed by atoms with E-state index in [-0.39, 0.29) is 5.57 Å². The molecule has 1 unspecified atom stereocenters. The summed E-state index contributed by atoms with van der Waals surface area (Å²) in [6.45, 7) is 4.39. The van der Waals surface area contributed by atoms with Gasteiger partial charge in [-0.15, -0.1) is 0 Å². The molecule has 0 radical (unpaired) electrons. The number of allylic oxidation sites excluding steroid dienone is 1. The van der Waals surface area contributed by atoms with Crippen LogP contribution in [0.5, 0.6) is 0 Å². The highest BCUT2D eigenvalue weighted by Crippen LogP contribution is 2.37. The molecule has 4 heterocycles. The Morgan fingerprint density at radius 2 is 2.06 bits per heavy atom. The lowest BCUT2D eigenvalue weighted by molar-refractivity contribution is -0.129. The lowest BCUT2D eigenvalue weighted by Gasteiger charge is -2.29. The van der Waals surface area contributed by atoms with Gasteiger partial charge in [0.15, 0.2) is 11.5 Å². The third-order valence-corrected chi connectivity index (χ3v) is 5.49. The lowest BCUT2D eigenvalue weighted by Crippen LogP contribution is -2.39. The van der Waals surface area contributed by atoms with Gasteiger partial charge in [-0.3, -0.25) is 19.5 Å². The van der Waals surface area contributed by atoms with Crippen molar-refractivity contribution in [1.82, 2.24) is 14.8 Å². The summed E-state index contributed by atoms with van der Waals surface area (Å²) >= 11 is 0.